The van der Waals surface area contributed by atoms with Gasteiger partial charge in [-0.1, -0.05) is 149 Å². The van der Waals surface area contributed by atoms with Crippen LogP contribution in [-0.2, 0) is 12.8 Å². The van der Waals surface area contributed by atoms with Gasteiger partial charge in [0.05, 0.1) is 0 Å². The molecule has 5 aromatic carbocycles. The molecular weight excluding hydrogens is 536 g/mol. The largest absolute Gasteiger partial charge is 0.0619 e. The normalized spacial score (nSPS) is 12.3. The van der Waals surface area contributed by atoms with E-state index in [-0.39, 0.29) is 0 Å². The number of aryl methyl sites for hydroxylation is 1. The molecule has 192 valence electrons. The average Bonchev–Trinajstić information content (AvgIpc) is 3.25. The van der Waals surface area contributed by atoms with Crippen LogP contribution in [0.25, 0.3) is 23.8 Å². The van der Waals surface area contributed by atoms with Gasteiger partial charge in [-0.25, -0.2) is 0 Å². The van der Waals surface area contributed by atoms with Crippen LogP contribution in [-0.4, -0.2) is 0 Å². The highest BCUT2D eigenvalue weighted by Gasteiger charge is 2.11. The van der Waals surface area contributed by atoms with E-state index in [1.165, 1.54) is 55.6 Å². The summed E-state index contributed by atoms with van der Waals surface area (Å²) in [7, 11) is 0. The number of hydrogen-bond donors (Lipinski definition) is 0. The molecule has 2 aliphatic rings. The molecule has 0 aliphatic heterocycles. The lowest BCUT2D eigenvalue weighted by atomic mass is 9.98. The van der Waals surface area contributed by atoms with Crippen molar-refractivity contribution in [2.75, 3.05) is 0 Å². The van der Waals surface area contributed by atoms with E-state index in [9.17, 15) is 0 Å². The highest BCUT2D eigenvalue weighted by molar-refractivity contribution is 9.10. The van der Waals surface area contributed by atoms with Crippen LogP contribution in [0, 0.1) is 6.92 Å². The van der Waals surface area contributed by atoms with Crippen LogP contribution in [0.3, 0.4) is 0 Å². The second-order valence-electron chi connectivity index (χ2n) is 10.1. The van der Waals surface area contributed by atoms with Crippen LogP contribution in [0.2, 0.25) is 0 Å². The van der Waals surface area contributed by atoms with Crippen LogP contribution < -0.4 is 0 Å². The third-order valence-corrected chi connectivity index (χ3v) is 7.72. The number of allylic oxidation sites excluding steroid dienone is 1. The number of halogens is 1. The maximum absolute atomic E-state index is 3.35. The van der Waals surface area contributed by atoms with E-state index < -0.39 is 0 Å². The van der Waals surface area contributed by atoms with E-state index in [1.807, 2.05) is 12.1 Å². The Labute approximate surface area is 241 Å². The predicted octanol–water partition coefficient (Wildman–Crippen LogP) is 10.7. The molecule has 0 heterocycles. The van der Waals surface area contributed by atoms with E-state index in [2.05, 4.69) is 157 Å². The smallest absolute Gasteiger partial charge is 0.0175 e. The maximum atomic E-state index is 3.35. The first-order valence-corrected chi connectivity index (χ1v) is 14.3. The van der Waals surface area contributed by atoms with Gasteiger partial charge in [-0.05, 0) is 88.9 Å². The molecule has 0 saturated carbocycles. The van der Waals surface area contributed by atoms with Crippen LogP contribution in [0.4, 0.5) is 0 Å². The van der Waals surface area contributed by atoms with E-state index in [4.69, 9.17) is 0 Å². The molecular formula is C38H33Br. The molecule has 5 aromatic rings. The Balaban J connectivity index is 0.000000125. The van der Waals surface area contributed by atoms with Gasteiger partial charge in [-0.2, -0.15) is 0 Å². The van der Waals surface area contributed by atoms with Gasteiger partial charge < -0.3 is 0 Å². The van der Waals surface area contributed by atoms with Crippen molar-refractivity contribution in [2.24, 2.45) is 0 Å². The van der Waals surface area contributed by atoms with E-state index >= 15 is 0 Å². The minimum absolute atomic E-state index is 1.04. The Bertz CT molecular complexity index is 1550. The second kappa shape index (κ2) is 12.7. The first-order chi connectivity index (χ1) is 19.1. The van der Waals surface area contributed by atoms with Crippen molar-refractivity contribution in [2.45, 2.75) is 26.7 Å². The first-order valence-electron chi connectivity index (χ1n) is 13.5. The molecule has 0 spiro atoms. The Morgan fingerprint density at radius 2 is 0.897 bits per heavy atom. The van der Waals surface area contributed by atoms with Gasteiger partial charge in [0.2, 0.25) is 0 Å². The molecule has 0 aromatic heterocycles. The Hall–Kier alpha value is -3.94. The van der Waals surface area contributed by atoms with Crippen molar-refractivity contribution >= 4 is 39.7 Å². The molecule has 0 radical (unpaired) electrons. The van der Waals surface area contributed by atoms with Crippen molar-refractivity contribution < 1.29 is 0 Å². The van der Waals surface area contributed by atoms with Gasteiger partial charge in [-0.15, -0.1) is 0 Å². The first kappa shape index (κ1) is 26.7. The lowest BCUT2D eigenvalue weighted by Gasteiger charge is -2.06. The van der Waals surface area contributed by atoms with Crippen LogP contribution in [0.1, 0.15) is 57.0 Å². The van der Waals surface area contributed by atoms with E-state index in [1.54, 1.807) is 0 Å². The lowest BCUT2D eigenvalue weighted by molar-refractivity contribution is 1.18. The predicted molar refractivity (Wildman–Crippen MR) is 173 cm³/mol. The quantitative estimate of drug-likeness (QED) is 0.171. The standard InChI is InChI=1S/C16H14.C15H12.C7H7Br/c1-12-10-13-6-2-3-7-14(13)11-15-8-4-5-9-16(12)15;1-3-7-14-11-15-8-4-2-6-13(15)10-9-12(14)5-1;1-6-2-4-7(8)5-3-6/h2-10H,11H2,1H3;1-10H,11H2;2-5H,1H3. The molecule has 1 heteroatoms. The zero-order valence-corrected chi connectivity index (χ0v) is 24.2. The summed E-state index contributed by atoms with van der Waals surface area (Å²) < 4.78 is 1.14. The molecule has 0 saturated heterocycles. The van der Waals surface area contributed by atoms with E-state index in [0.717, 1.165) is 17.3 Å². The van der Waals surface area contributed by atoms with Crippen LogP contribution in [0.15, 0.2) is 126 Å². The molecule has 0 unspecified atom stereocenters. The van der Waals surface area contributed by atoms with Gasteiger partial charge >= 0.3 is 0 Å². The van der Waals surface area contributed by atoms with Gasteiger partial charge in [0, 0.05) is 4.47 Å². The Kier molecular flexibility index (Phi) is 8.71. The van der Waals surface area contributed by atoms with Crippen molar-refractivity contribution in [3.8, 4) is 0 Å². The zero-order valence-electron chi connectivity index (χ0n) is 22.6. The topological polar surface area (TPSA) is 0 Å². The summed E-state index contributed by atoms with van der Waals surface area (Å²) in [6.07, 6.45) is 8.79. The molecule has 0 nitrogen and oxygen atoms in total. The number of hydrogen-bond acceptors (Lipinski definition) is 0. The molecule has 0 bridgehead atoms. The van der Waals surface area contributed by atoms with Gasteiger partial charge in [0.15, 0.2) is 0 Å². The van der Waals surface area contributed by atoms with Gasteiger partial charge in [-0.3, -0.25) is 0 Å². The average molecular weight is 570 g/mol. The van der Waals surface area contributed by atoms with Crippen molar-refractivity contribution in [3.63, 3.8) is 0 Å². The molecule has 0 amide bonds. The van der Waals surface area contributed by atoms with Gasteiger partial charge in [0.25, 0.3) is 0 Å². The third kappa shape index (κ3) is 6.93. The fourth-order valence-corrected chi connectivity index (χ4v) is 5.31. The number of fused-ring (bicyclic) bond motifs is 4. The van der Waals surface area contributed by atoms with Crippen LogP contribution >= 0.6 is 15.9 Å². The maximum Gasteiger partial charge on any atom is 0.0175 e. The Morgan fingerprint density at radius 1 is 0.462 bits per heavy atom. The summed E-state index contributed by atoms with van der Waals surface area (Å²) in [5.74, 6) is 0. The number of benzene rings is 5. The van der Waals surface area contributed by atoms with Crippen molar-refractivity contribution in [1.82, 2.24) is 0 Å². The molecule has 7 rings (SSSR count). The third-order valence-electron chi connectivity index (χ3n) is 7.19. The summed E-state index contributed by atoms with van der Waals surface area (Å²) in [4.78, 5) is 0. The zero-order chi connectivity index (χ0) is 27.0. The summed E-state index contributed by atoms with van der Waals surface area (Å²) in [5.41, 5.74) is 13.8. The second-order valence-corrected chi connectivity index (χ2v) is 11.0. The SMILES string of the molecule is C1=Cc2ccccc2Cc2ccccc21.CC1=Cc2ccccc2Cc2ccccc21.Cc1ccc(Br)cc1. The van der Waals surface area contributed by atoms with Crippen molar-refractivity contribution in [1.29, 1.82) is 0 Å². The van der Waals surface area contributed by atoms with Crippen LogP contribution in [0.5, 0.6) is 0 Å². The molecule has 0 atom stereocenters. The monoisotopic (exact) mass is 568 g/mol. The minimum atomic E-state index is 1.04. The summed E-state index contributed by atoms with van der Waals surface area (Å²) in [5, 5.41) is 0. The van der Waals surface area contributed by atoms with E-state index in [0.29, 0.717) is 0 Å². The lowest BCUT2D eigenvalue weighted by Crippen LogP contribution is -1.91. The summed E-state index contributed by atoms with van der Waals surface area (Å²) >= 11 is 3.35. The van der Waals surface area contributed by atoms with Crippen molar-refractivity contribution in [3.05, 3.63) is 176 Å². The molecule has 0 fully saturated rings. The summed E-state index contributed by atoms with van der Waals surface area (Å²) in [6.45, 7) is 4.27. The molecule has 0 N–H and O–H groups in total. The fourth-order valence-electron chi connectivity index (χ4n) is 5.04. The minimum Gasteiger partial charge on any atom is -0.0619 e. The number of rotatable bonds is 0. The highest BCUT2D eigenvalue weighted by Crippen LogP contribution is 2.29. The summed E-state index contributed by atoms with van der Waals surface area (Å²) in [6, 6.07) is 42.8. The Morgan fingerprint density at radius 3 is 1.46 bits per heavy atom. The molecule has 39 heavy (non-hydrogen) atoms. The molecule has 2 aliphatic carbocycles. The highest BCUT2D eigenvalue weighted by atomic mass is 79.9. The van der Waals surface area contributed by atoms with Gasteiger partial charge in [0.1, 0.15) is 0 Å². The fraction of sp³-hybridized carbons (Fsp3) is 0.105.